The van der Waals surface area contributed by atoms with Gasteiger partial charge in [0.25, 0.3) is 0 Å². The molecule has 1 amide bonds. The highest BCUT2D eigenvalue weighted by Crippen LogP contribution is 2.24. The summed E-state index contributed by atoms with van der Waals surface area (Å²) in [5.74, 6) is 1.13. The highest BCUT2D eigenvalue weighted by Gasteiger charge is 2.26. The zero-order chi connectivity index (χ0) is 18.7. The molecule has 1 aromatic carbocycles. The summed E-state index contributed by atoms with van der Waals surface area (Å²) in [6, 6.07) is 7.60. The van der Waals surface area contributed by atoms with Gasteiger partial charge in [0.1, 0.15) is 5.82 Å². The van der Waals surface area contributed by atoms with E-state index in [2.05, 4.69) is 29.1 Å². The van der Waals surface area contributed by atoms with Crippen LogP contribution in [0.4, 0.5) is 0 Å². The van der Waals surface area contributed by atoms with Crippen LogP contribution >= 0.6 is 0 Å². The number of aromatic amines is 1. The molecule has 26 heavy (non-hydrogen) atoms. The fraction of sp³-hybridized carbons (Fsp3) is 0.556. The van der Waals surface area contributed by atoms with Crippen molar-refractivity contribution in [1.29, 1.82) is 0 Å². The summed E-state index contributed by atoms with van der Waals surface area (Å²) < 4.78 is 23.0. The molecule has 1 fully saturated rings. The average Bonchev–Trinajstić information content (AvgIpc) is 3.04. The molecule has 0 aliphatic carbocycles. The van der Waals surface area contributed by atoms with E-state index in [0.29, 0.717) is 13.1 Å². The van der Waals surface area contributed by atoms with E-state index in [9.17, 15) is 13.2 Å². The molecule has 0 unspecified atom stereocenters. The molecule has 1 aliphatic heterocycles. The first-order chi connectivity index (χ1) is 12.4. The van der Waals surface area contributed by atoms with Crippen molar-refractivity contribution in [2.24, 2.45) is 5.92 Å². The van der Waals surface area contributed by atoms with Gasteiger partial charge in [0, 0.05) is 13.1 Å². The fourth-order valence-electron chi connectivity index (χ4n) is 3.17. The Balaban J connectivity index is 1.69. The van der Waals surface area contributed by atoms with Gasteiger partial charge in [0.05, 0.1) is 35.1 Å². The molecule has 7 nitrogen and oxygen atoms in total. The van der Waals surface area contributed by atoms with E-state index in [1.807, 2.05) is 29.2 Å². The van der Waals surface area contributed by atoms with Gasteiger partial charge in [0.2, 0.25) is 5.91 Å². The Hall–Kier alpha value is -1.93. The molecule has 1 aromatic heterocycles. The lowest BCUT2D eigenvalue weighted by Crippen LogP contribution is -2.46. The number of aromatic nitrogens is 2. The first-order valence-corrected chi connectivity index (χ1v) is 10.9. The van der Waals surface area contributed by atoms with Crippen LogP contribution in [-0.4, -0.2) is 60.3 Å². The Bertz CT molecular complexity index is 830. The number of H-pyrrole nitrogens is 1. The smallest absolute Gasteiger partial charge is 0.234 e. The van der Waals surface area contributed by atoms with Crippen LogP contribution in [0.1, 0.15) is 32.1 Å². The van der Waals surface area contributed by atoms with Crippen LogP contribution in [0.3, 0.4) is 0 Å². The Morgan fingerprint density at radius 3 is 2.65 bits per heavy atom. The number of carbonyl (C=O) groups is 1. The number of benzene rings is 1. The second-order valence-electron chi connectivity index (χ2n) is 7.00. The maximum absolute atomic E-state index is 12.5. The van der Waals surface area contributed by atoms with Crippen molar-refractivity contribution < 1.29 is 13.2 Å². The summed E-state index contributed by atoms with van der Waals surface area (Å²) in [5.41, 5.74) is 1.83. The molecule has 1 saturated heterocycles. The summed E-state index contributed by atoms with van der Waals surface area (Å²) in [4.78, 5) is 22.4. The van der Waals surface area contributed by atoms with Crippen LogP contribution in [0.5, 0.6) is 0 Å². The minimum Gasteiger partial charge on any atom is -0.345 e. The van der Waals surface area contributed by atoms with Crippen LogP contribution in [0.2, 0.25) is 0 Å². The van der Waals surface area contributed by atoms with Gasteiger partial charge in [-0.15, -0.1) is 0 Å². The summed E-state index contributed by atoms with van der Waals surface area (Å²) in [5, 5.41) is 3.09. The van der Waals surface area contributed by atoms with Crippen LogP contribution < -0.4 is 5.32 Å². The van der Waals surface area contributed by atoms with Crippen molar-refractivity contribution in [2.75, 3.05) is 31.1 Å². The number of imidazole rings is 1. The number of carbonyl (C=O) groups excluding carboxylic acids is 1. The van der Waals surface area contributed by atoms with Crippen molar-refractivity contribution in [3.8, 4) is 0 Å². The maximum Gasteiger partial charge on any atom is 0.234 e. The van der Waals surface area contributed by atoms with E-state index in [0.717, 1.165) is 23.3 Å². The van der Waals surface area contributed by atoms with Crippen LogP contribution in [0.25, 0.3) is 11.0 Å². The van der Waals surface area contributed by atoms with Crippen molar-refractivity contribution in [2.45, 2.75) is 26.3 Å². The molecule has 142 valence electrons. The molecule has 0 spiro atoms. The van der Waals surface area contributed by atoms with E-state index in [-0.39, 0.29) is 35.9 Å². The summed E-state index contributed by atoms with van der Waals surface area (Å²) in [7, 11) is -2.94. The molecular formula is C18H26N4O3S. The first-order valence-electron chi connectivity index (χ1n) is 9.04. The molecule has 2 N–H and O–H groups in total. The molecule has 3 rings (SSSR count). The number of amides is 1. The Morgan fingerprint density at radius 1 is 1.31 bits per heavy atom. The molecule has 2 aromatic rings. The Labute approximate surface area is 154 Å². The van der Waals surface area contributed by atoms with Gasteiger partial charge in [-0.1, -0.05) is 32.4 Å². The molecule has 0 saturated carbocycles. The van der Waals surface area contributed by atoms with Gasteiger partial charge in [-0.05, 0) is 18.1 Å². The quantitative estimate of drug-likeness (QED) is 0.794. The highest BCUT2D eigenvalue weighted by atomic mass is 32.2. The van der Waals surface area contributed by atoms with Gasteiger partial charge in [-0.2, -0.15) is 0 Å². The Morgan fingerprint density at radius 2 is 2.00 bits per heavy atom. The van der Waals surface area contributed by atoms with Gasteiger partial charge in [-0.25, -0.2) is 13.4 Å². The lowest BCUT2D eigenvalue weighted by Gasteiger charge is -2.28. The third-order valence-electron chi connectivity index (χ3n) is 5.04. The molecule has 2 atom stereocenters. The number of hydrogen-bond acceptors (Lipinski definition) is 5. The molecule has 0 bridgehead atoms. The van der Waals surface area contributed by atoms with Gasteiger partial charge in [-0.3, -0.25) is 9.69 Å². The standard InChI is InChI=1S/C18H26N4O3S/c1-3-13(2)17(18-19-14-6-4-5-7-15(14)20-18)21-16(23)12-22-8-10-26(24,25)11-9-22/h4-7,13,17H,3,8-12H2,1-2H3,(H,19,20)(H,21,23)/t13-,17+/m0/s1. The number of rotatable bonds is 6. The van der Waals surface area contributed by atoms with Gasteiger partial charge < -0.3 is 10.3 Å². The second kappa shape index (κ2) is 7.75. The van der Waals surface area contributed by atoms with Crippen molar-refractivity contribution >= 4 is 26.8 Å². The minimum atomic E-state index is -2.94. The minimum absolute atomic E-state index is 0.102. The van der Waals surface area contributed by atoms with Crippen LogP contribution in [0.15, 0.2) is 24.3 Å². The van der Waals surface area contributed by atoms with E-state index >= 15 is 0 Å². The largest absolute Gasteiger partial charge is 0.345 e. The van der Waals surface area contributed by atoms with Crippen molar-refractivity contribution in [3.63, 3.8) is 0 Å². The maximum atomic E-state index is 12.5. The van der Waals surface area contributed by atoms with E-state index in [1.165, 1.54) is 0 Å². The molecule has 1 aliphatic rings. The van der Waals surface area contributed by atoms with Gasteiger partial charge >= 0.3 is 0 Å². The zero-order valence-corrected chi connectivity index (χ0v) is 16.1. The average molecular weight is 378 g/mol. The number of fused-ring (bicyclic) bond motifs is 1. The van der Waals surface area contributed by atoms with E-state index < -0.39 is 9.84 Å². The number of nitrogens with zero attached hydrogens (tertiary/aromatic N) is 2. The summed E-state index contributed by atoms with van der Waals surface area (Å²) >= 11 is 0. The van der Waals surface area contributed by atoms with Crippen LogP contribution in [0, 0.1) is 5.92 Å². The van der Waals surface area contributed by atoms with Crippen LogP contribution in [-0.2, 0) is 14.6 Å². The van der Waals surface area contributed by atoms with Gasteiger partial charge in [0.15, 0.2) is 9.84 Å². The first kappa shape index (κ1) is 18.8. The Kier molecular flexibility index (Phi) is 5.62. The number of hydrogen-bond donors (Lipinski definition) is 2. The fourth-order valence-corrected chi connectivity index (χ4v) is 4.44. The molecule has 8 heteroatoms. The predicted molar refractivity (Wildman–Crippen MR) is 102 cm³/mol. The summed E-state index contributed by atoms with van der Waals surface area (Å²) in [6.07, 6.45) is 0.907. The summed E-state index contributed by atoms with van der Waals surface area (Å²) in [6.45, 7) is 5.21. The predicted octanol–water partition coefficient (Wildman–Crippen LogP) is 1.50. The number of nitrogens with one attached hydrogen (secondary N) is 2. The van der Waals surface area contributed by atoms with E-state index in [4.69, 9.17) is 0 Å². The lowest BCUT2D eigenvalue weighted by molar-refractivity contribution is -0.123. The number of para-hydroxylation sites is 2. The van der Waals surface area contributed by atoms with Crippen molar-refractivity contribution in [1.82, 2.24) is 20.2 Å². The second-order valence-corrected chi connectivity index (χ2v) is 9.30. The van der Waals surface area contributed by atoms with Crippen molar-refractivity contribution in [3.05, 3.63) is 30.1 Å². The SMILES string of the molecule is CC[C@H](C)[C@@H](NC(=O)CN1CCS(=O)(=O)CC1)c1nc2ccccc2[nH]1. The lowest BCUT2D eigenvalue weighted by atomic mass is 9.98. The number of sulfone groups is 1. The highest BCUT2D eigenvalue weighted by molar-refractivity contribution is 7.91. The zero-order valence-electron chi connectivity index (χ0n) is 15.2. The van der Waals surface area contributed by atoms with E-state index in [1.54, 1.807) is 0 Å². The third-order valence-corrected chi connectivity index (χ3v) is 6.65. The topological polar surface area (TPSA) is 95.2 Å². The normalized spacial score (nSPS) is 19.9. The monoisotopic (exact) mass is 378 g/mol. The molecular weight excluding hydrogens is 352 g/mol. The molecule has 2 heterocycles. The molecule has 0 radical (unpaired) electrons. The third kappa shape index (κ3) is 4.42.